The maximum atomic E-state index is 5.35. The first-order valence-electron chi connectivity index (χ1n) is 5.30. The number of aromatic nitrogens is 3. The van der Waals surface area contributed by atoms with Gasteiger partial charge in [-0.2, -0.15) is 0 Å². The summed E-state index contributed by atoms with van der Waals surface area (Å²) in [6.07, 6.45) is 6.14. The molecule has 2 heterocycles. The van der Waals surface area contributed by atoms with Crippen LogP contribution in [0.5, 0.6) is 0 Å². The lowest BCUT2D eigenvalue weighted by Crippen LogP contribution is -2.24. The van der Waals surface area contributed by atoms with E-state index in [1.807, 2.05) is 18.5 Å². The Morgan fingerprint density at radius 2 is 2.33 bits per heavy atom. The van der Waals surface area contributed by atoms with Gasteiger partial charge in [0.25, 0.3) is 0 Å². The summed E-state index contributed by atoms with van der Waals surface area (Å²) < 4.78 is 3.07. The van der Waals surface area contributed by atoms with Gasteiger partial charge in [0.1, 0.15) is 0 Å². The number of H-pyrrole nitrogens is 1. The smallest absolute Gasteiger partial charge is 0.178 e. The zero-order valence-electron chi connectivity index (χ0n) is 8.60. The standard InChI is InChI=1S/C11H13N3S/c1-7-4-8(5-7)14-10-2-3-12-6-9(10)13-11(14)15/h2-3,6-8H,4-5H2,1H3,(H,13,15). The molecule has 0 unspecified atom stereocenters. The zero-order chi connectivity index (χ0) is 10.4. The Hall–Kier alpha value is -1.16. The van der Waals surface area contributed by atoms with Crippen LogP contribution in [-0.4, -0.2) is 14.5 Å². The Bertz CT molecular complexity index is 548. The third-order valence-corrected chi connectivity index (χ3v) is 3.53. The monoisotopic (exact) mass is 219 g/mol. The summed E-state index contributed by atoms with van der Waals surface area (Å²) in [4.78, 5) is 7.30. The van der Waals surface area contributed by atoms with Gasteiger partial charge in [-0.3, -0.25) is 4.98 Å². The Kier molecular flexibility index (Phi) is 1.92. The third kappa shape index (κ3) is 1.32. The van der Waals surface area contributed by atoms with Gasteiger partial charge in [-0.05, 0) is 37.0 Å². The quantitative estimate of drug-likeness (QED) is 0.748. The van der Waals surface area contributed by atoms with Crippen LogP contribution < -0.4 is 0 Å². The number of hydrogen-bond acceptors (Lipinski definition) is 2. The number of hydrogen-bond donors (Lipinski definition) is 1. The van der Waals surface area contributed by atoms with E-state index >= 15 is 0 Å². The van der Waals surface area contributed by atoms with Crippen molar-refractivity contribution >= 4 is 23.3 Å². The molecule has 1 aliphatic carbocycles. The predicted molar refractivity (Wildman–Crippen MR) is 62.4 cm³/mol. The predicted octanol–water partition coefficient (Wildman–Crippen LogP) is 3.06. The molecule has 0 amide bonds. The van der Waals surface area contributed by atoms with Crippen molar-refractivity contribution in [2.24, 2.45) is 5.92 Å². The molecule has 1 aliphatic rings. The molecule has 3 rings (SSSR count). The van der Waals surface area contributed by atoms with E-state index in [0.29, 0.717) is 6.04 Å². The summed E-state index contributed by atoms with van der Waals surface area (Å²) in [5.74, 6) is 0.837. The molecule has 0 saturated heterocycles. The van der Waals surface area contributed by atoms with Crippen molar-refractivity contribution in [1.82, 2.24) is 14.5 Å². The molecule has 1 N–H and O–H groups in total. The highest BCUT2D eigenvalue weighted by Gasteiger charge is 2.28. The second kappa shape index (κ2) is 3.17. The maximum absolute atomic E-state index is 5.35. The first-order chi connectivity index (χ1) is 7.25. The second-order valence-electron chi connectivity index (χ2n) is 4.42. The normalized spacial score (nSPS) is 25.4. The number of rotatable bonds is 1. The molecule has 1 fully saturated rings. The van der Waals surface area contributed by atoms with Crippen molar-refractivity contribution in [2.75, 3.05) is 0 Å². The van der Waals surface area contributed by atoms with Gasteiger partial charge in [-0.15, -0.1) is 0 Å². The van der Waals surface area contributed by atoms with Crippen molar-refractivity contribution in [3.63, 3.8) is 0 Å². The lowest BCUT2D eigenvalue weighted by atomic mass is 9.81. The largest absolute Gasteiger partial charge is 0.329 e. The Morgan fingerprint density at radius 3 is 3.07 bits per heavy atom. The van der Waals surface area contributed by atoms with E-state index in [4.69, 9.17) is 12.2 Å². The molecular weight excluding hydrogens is 206 g/mol. The van der Waals surface area contributed by atoms with E-state index in [1.54, 1.807) is 0 Å². The van der Waals surface area contributed by atoms with Gasteiger partial charge in [-0.25, -0.2) is 0 Å². The lowest BCUT2D eigenvalue weighted by molar-refractivity contribution is 0.219. The molecule has 15 heavy (non-hydrogen) atoms. The average molecular weight is 219 g/mol. The fraction of sp³-hybridized carbons (Fsp3) is 0.455. The summed E-state index contributed by atoms with van der Waals surface area (Å²) >= 11 is 5.35. The van der Waals surface area contributed by atoms with Crippen LogP contribution in [0.1, 0.15) is 25.8 Å². The molecule has 0 radical (unpaired) electrons. The van der Waals surface area contributed by atoms with Crippen molar-refractivity contribution < 1.29 is 0 Å². The van der Waals surface area contributed by atoms with Crippen LogP contribution in [0.25, 0.3) is 11.0 Å². The molecule has 0 spiro atoms. The van der Waals surface area contributed by atoms with Crippen molar-refractivity contribution in [1.29, 1.82) is 0 Å². The summed E-state index contributed by atoms with van der Waals surface area (Å²) in [5, 5.41) is 0. The Balaban J connectivity index is 2.17. The van der Waals surface area contributed by atoms with Gasteiger partial charge >= 0.3 is 0 Å². The van der Waals surface area contributed by atoms with Gasteiger partial charge in [0, 0.05) is 12.2 Å². The number of nitrogens with zero attached hydrogens (tertiary/aromatic N) is 2. The number of imidazole rings is 1. The Labute approximate surface area is 93.1 Å². The summed E-state index contributed by atoms with van der Waals surface area (Å²) in [5.41, 5.74) is 2.23. The molecule has 2 aromatic heterocycles. The van der Waals surface area contributed by atoms with Crippen molar-refractivity contribution in [3.05, 3.63) is 23.2 Å². The van der Waals surface area contributed by atoms with Gasteiger partial charge in [-0.1, -0.05) is 6.92 Å². The lowest BCUT2D eigenvalue weighted by Gasteiger charge is -2.34. The fourth-order valence-electron chi connectivity index (χ4n) is 2.41. The SMILES string of the molecule is CC1CC(n2c(=S)[nH]c3cnccc32)C1. The minimum atomic E-state index is 0.587. The number of fused-ring (bicyclic) bond motifs is 1. The molecule has 0 atom stereocenters. The molecule has 2 aromatic rings. The van der Waals surface area contributed by atoms with Crippen LogP contribution in [-0.2, 0) is 0 Å². The molecule has 0 aromatic carbocycles. The Morgan fingerprint density at radius 1 is 1.53 bits per heavy atom. The number of pyridine rings is 1. The van der Waals surface area contributed by atoms with Crippen LogP contribution in [0.3, 0.4) is 0 Å². The van der Waals surface area contributed by atoms with E-state index in [9.17, 15) is 0 Å². The second-order valence-corrected chi connectivity index (χ2v) is 4.81. The molecule has 4 heteroatoms. The first kappa shape index (κ1) is 9.09. The molecule has 3 nitrogen and oxygen atoms in total. The highest BCUT2D eigenvalue weighted by atomic mass is 32.1. The van der Waals surface area contributed by atoms with Gasteiger partial charge in [0.05, 0.1) is 17.2 Å². The summed E-state index contributed by atoms with van der Waals surface area (Å²) in [6.45, 7) is 2.29. The van der Waals surface area contributed by atoms with Crippen molar-refractivity contribution in [3.8, 4) is 0 Å². The molecular formula is C11H13N3S. The fourth-order valence-corrected chi connectivity index (χ4v) is 2.77. The molecule has 78 valence electrons. The van der Waals surface area contributed by atoms with Crippen molar-refractivity contribution in [2.45, 2.75) is 25.8 Å². The first-order valence-corrected chi connectivity index (χ1v) is 5.71. The highest BCUT2D eigenvalue weighted by molar-refractivity contribution is 7.71. The summed E-state index contributed by atoms with van der Waals surface area (Å²) in [7, 11) is 0. The average Bonchev–Trinajstić information content (AvgIpc) is 2.49. The molecule has 0 bridgehead atoms. The molecule has 1 saturated carbocycles. The minimum Gasteiger partial charge on any atom is -0.329 e. The zero-order valence-corrected chi connectivity index (χ0v) is 9.42. The number of aromatic amines is 1. The van der Waals surface area contributed by atoms with Crippen LogP contribution in [0, 0.1) is 10.7 Å². The third-order valence-electron chi connectivity index (χ3n) is 3.23. The van der Waals surface area contributed by atoms with Crippen LogP contribution in [0.4, 0.5) is 0 Å². The van der Waals surface area contributed by atoms with Crippen LogP contribution in [0.2, 0.25) is 0 Å². The van der Waals surface area contributed by atoms with Crippen LogP contribution >= 0.6 is 12.2 Å². The topological polar surface area (TPSA) is 33.6 Å². The van der Waals surface area contributed by atoms with Crippen LogP contribution in [0.15, 0.2) is 18.5 Å². The van der Waals surface area contributed by atoms with E-state index in [-0.39, 0.29) is 0 Å². The van der Waals surface area contributed by atoms with E-state index in [2.05, 4.69) is 21.5 Å². The van der Waals surface area contributed by atoms with E-state index in [1.165, 1.54) is 18.4 Å². The van der Waals surface area contributed by atoms with Gasteiger partial charge < -0.3 is 9.55 Å². The maximum Gasteiger partial charge on any atom is 0.178 e. The highest BCUT2D eigenvalue weighted by Crippen LogP contribution is 2.38. The van der Waals surface area contributed by atoms with E-state index < -0.39 is 0 Å². The molecule has 0 aliphatic heterocycles. The van der Waals surface area contributed by atoms with Gasteiger partial charge in [0.2, 0.25) is 0 Å². The number of nitrogens with one attached hydrogen (secondary N) is 1. The summed E-state index contributed by atoms with van der Waals surface area (Å²) in [6, 6.07) is 2.62. The minimum absolute atomic E-state index is 0.587. The van der Waals surface area contributed by atoms with E-state index in [0.717, 1.165) is 16.2 Å². The van der Waals surface area contributed by atoms with Gasteiger partial charge in [0.15, 0.2) is 4.77 Å².